The minimum absolute atomic E-state index is 0.0381. The van der Waals surface area contributed by atoms with Gasteiger partial charge in [-0.1, -0.05) is 31.5 Å². The van der Waals surface area contributed by atoms with Crippen molar-refractivity contribution in [3.8, 4) is 5.75 Å². The Bertz CT molecular complexity index is 683. The number of hydrogen-bond donors (Lipinski definition) is 1. The van der Waals surface area contributed by atoms with Crippen molar-refractivity contribution < 1.29 is 9.53 Å². The van der Waals surface area contributed by atoms with Crippen LogP contribution in [0.15, 0.2) is 47.5 Å². The molecule has 2 aromatic rings. The fourth-order valence-corrected chi connectivity index (χ4v) is 2.06. The van der Waals surface area contributed by atoms with Crippen molar-refractivity contribution in [3.63, 3.8) is 0 Å². The van der Waals surface area contributed by atoms with E-state index in [0.29, 0.717) is 13.2 Å². The molecule has 6 heteroatoms. The van der Waals surface area contributed by atoms with E-state index in [4.69, 9.17) is 4.74 Å². The Hall–Kier alpha value is -2.63. The Morgan fingerprint density at radius 2 is 2.09 bits per heavy atom. The molecular weight excluding hydrogens is 294 g/mol. The van der Waals surface area contributed by atoms with Crippen molar-refractivity contribution in [2.24, 2.45) is 0 Å². The van der Waals surface area contributed by atoms with E-state index >= 15 is 0 Å². The van der Waals surface area contributed by atoms with Crippen LogP contribution in [0.2, 0.25) is 0 Å². The summed E-state index contributed by atoms with van der Waals surface area (Å²) in [6.45, 7) is 2.74. The maximum atomic E-state index is 11.9. The second kappa shape index (κ2) is 8.73. The predicted molar refractivity (Wildman–Crippen MR) is 87.4 cm³/mol. The average molecular weight is 315 g/mol. The zero-order chi connectivity index (χ0) is 16.5. The van der Waals surface area contributed by atoms with Crippen LogP contribution in [-0.2, 0) is 17.8 Å². The Morgan fingerprint density at radius 3 is 2.78 bits per heavy atom. The van der Waals surface area contributed by atoms with E-state index in [2.05, 4.69) is 10.3 Å². The summed E-state index contributed by atoms with van der Waals surface area (Å²) >= 11 is 0. The zero-order valence-corrected chi connectivity index (χ0v) is 13.2. The van der Waals surface area contributed by atoms with Gasteiger partial charge in [-0.3, -0.25) is 14.2 Å². The minimum Gasteiger partial charge on any atom is -0.492 e. The molecule has 0 spiro atoms. The largest absolute Gasteiger partial charge is 0.492 e. The van der Waals surface area contributed by atoms with Crippen molar-refractivity contribution in [1.29, 1.82) is 0 Å². The highest BCUT2D eigenvalue weighted by Gasteiger charge is 2.05. The maximum absolute atomic E-state index is 11.9. The van der Waals surface area contributed by atoms with Gasteiger partial charge in [-0.25, -0.2) is 4.98 Å². The summed E-state index contributed by atoms with van der Waals surface area (Å²) < 4.78 is 6.78. The number of aromatic nitrogens is 2. The quantitative estimate of drug-likeness (QED) is 0.747. The van der Waals surface area contributed by atoms with Gasteiger partial charge >= 0.3 is 0 Å². The highest BCUT2D eigenvalue weighted by atomic mass is 16.5. The molecule has 0 fully saturated rings. The van der Waals surface area contributed by atoms with Gasteiger partial charge in [-0.2, -0.15) is 0 Å². The minimum atomic E-state index is -0.242. The molecule has 1 amide bonds. The third-order valence-corrected chi connectivity index (χ3v) is 3.19. The van der Waals surface area contributed by atoms with Gasteiger partial charge in [-0.15, -0.1) is 0 Å². The summed E-state index contributed by atoms with van der Waals surface area (Å²) in [7, 11) is 0. The number of rotatable bonds is 8. The van der Waals surface area contributed by atoms with E-state index in [9.17, 15) is 9.59 Å². The third kappa shape index (κ3) is 5.58. The average Bonchev–Trinajstić information content (AvgIpc) is 2.55. The molecule has 1 heterocycles. The SMILES string of the molecule is CCCc1cc(=O)n(CC(=O)NCCOc2ccccc2)cn1. The second-order valence-corrected chi connectivity index (χ2v) is 5.11. The molecule has 1 aromatic heterocycles. The van der Waals surface area contributed by atoms with E-state index < -0.39 is 0 Å². The maximum Gasteiger partial charge on any atom is 0.253 e. The van der Waals surface area contributed by atoms with Crippen LogP contribution >= 0.6 is 0 Å². The molecular formula is C17H21N3O3. The Balaban J connectivity index is 1.75. The van der Waals surface area contributed by atoms with Gasteiger partial charge in [0.2, 0.25) is 5.91 Å². The highest BCUT2D eigenvalue weighted by Crippen LogP contribution is 2.07. The predicted octanol–water partition coefficient (Wildman–Crippen LogP) is 1.39. The smallest absolute Gasteiger partial charge is 0.253 e. The standard InChI is InChI=1S/C17H21N3O3/c1-2-6-14-11-17(22)20(13-19-14)12-16(21)18-9-10-23-15-7-4-3-5-8-15/h3-5,7-8,11,13H,2,6,9-10,12H2,1H3,(H,18,21). The van der Waals surface area contributed by atoms with Crippen LogP contribution in [0.25, 0.3) is 0 Å². The first-order chi connectivity index (χ1) is 11.2. The molecule has 0 aliphatic heterocycles. The molecule has 1 N–H and O–H groups in total. The third-order valence-electron chi connectivity index (χ3n) is 3.19. The summed E-state index contributed by atoms with van der Waals surface area (Å²) in [5.41, 5.74) is 0.546. The molecule has 0 unspecified atom stereocenters. The molecule has 23 heavy (non-hydrogen) atoms. The topological polar surface area (TPSA) is 73.2 Å². The highest BCUT2D eigenvalue weighted by molar-refractivity contribution is 5.75. The molecule has 6 nitrogen and oxygen atoms in total. The molecule has 122 valence electrons. The van der Waals surface area contributed by atoms with Crippen molar-refractivity contribution in [2.45, 2.75) is 26.3 Å². The van der Waals surface area contributed by atoms with Gasteiger partial charge in [0, 0.05) is 11.8 Å². The molecule has 0 aliphatic carbocycles. The number of hydrogen-bond acceptors (Lipinski definition) is 4. The van der Waals surface area contributed by atoms with E-state index in [-0.39, 0.29) is 18.0 Å². The van der Waals surface area contributed by atoms with Gasteiger partial charge in [0.1, 0.15) is 18.9 Å². The van der Waals surface area contributed by atoms with E-state index in [1.54, 1.807) is 0 Å². The Morgan fingerprint density at radius 1 is 1.30 bits per heavy atom. The van der Waals surface area contributed by atoms with Crippen LogP contribution in [-0.4, -0.2) is 28.6 Å². The number of nitrogens with one attached hydrogen (secondary N) is 1. The number of ether oxygens (including phenoxy) is 1. The summed E-state index contributed by atoms with van der Waals surface area (Å²) in [4.78, 5) is 27.9. The number of nitrogens with zero attached hydrogens (tertiary/aromatic N) is 2. The lowest BCUT2D eigenvalue weighted by Crippen LogP contribution is -2.34. The molecule has 0 saturated carbocycles. The molecule has 0 aliphatic rings. The first-order valence-electron chi connectivity index (χ1n) is 7.69. The van der Waals surface area contributed by atoms with Crippen LogP contribution in [0.5, 0.6) is 5.75 Å². The first-order valence-corrected chi connectivity index (χ1v) is 7.69. The molecule has 0 bridgehead atoms. The molecule has 0 radical (unpaired) electrons. The van der Waals surface area contributed by atoms with Crippen LogP contribution in [0, 0.1) is 0 Å². The lowest BCUT2D eigenvalue weighted by Gasteiger charge is -2.09. The summed E-state index contributed by atoms with van der Waals surface area (Å²) in [6, 6.07) is 10.9. The molecule has 2 rings (SSSR count). The summed E-state index contributed by atoms with van der Waals surface area (Å²) in [5.74, 6) is 0.516. The van der Waals surface area contributed by atoms with Crippen LogP contribution in [0.1, 0.15) is 19.0 Å². The summed E-state index contributed by atoms with van der Waals surface area (Å²) in [5, 5.41) is 2.72. The molecule has 1 aromatic carbocycles. The van der Waals surface area contributed by atoms with Crippen molar-refractivity contribution in [2.75, 3.05) is 13.2 Å². The van der Waals surface area contributed by atoms with E-state index in [0.717, 1.165) is 24.3 Å². The fourth-order valence-electron chi connectivity index (χ4n) is 2.06. The van der Waals surface area contributed by atoms with Crippen LogP contribution in [0.4, 0.5) is 0 Å². The normalized spacial score (nSPS) is 10.3. The van der Waals surface area contributed by atoms with Gasteiger partial charge < -0.3 is 10.1 Å². The molecule has 0 saturated heterocycles. The van der Waals surface area contributed by atoms with Gasteiger partial charge in [0.15, 0.2) is 0 Å². The van der Waals surface area contributed by atoms with Gasteiger partial charge in [0.05, 0.1) is 12.9 Å². The van der Waals surface area contributed by atoms with Crippen molar-refractivity contribution >= 4 is 5.91 Å². The number of amides is 1. The second-order valence-electron chi connectivity index (χ2n) is 5.11. The Kier molecular flexibility index (Phi) is 6.35. The van der Waals surface area contributed by atoms with E-state index in [1.807, 2.05) is 37.3 Å². The van der Waals surface area contributed by atoms with Gasteiger partial charge in [0.25, 0.3) is 5.56 Å². The van der Waals surface area contributed by atoms with E-state index in [1.165, 1.54) is 17.0 Å². The first kappa shape index (κ1) is 16.7. The lowest BCUT2D eigenvalue weighted by molar-refractivity contribution is -0.121. The number of carbonyl (C=O) groups excluding carboxylic acids is 1. The van der Waals surface area contributed by atoms with Crippen LogP contribution < -0.4 is 15.6 Å². The zero-order valence-electron chi connectivity index (χ0n) is 13.2. The molecule has 0 atom stereocenters. The monoisotopic (exact) mass is 315 g/mol. The number of carbonyl (C=O) groups is 1. The number of para-hydroxylation sites is 1. The van der Waals surface area contributed by atoms with Crippen LogP contribution in [0.3, 0.4) is 0 Å². The number of benzene rings is 1. The summed E-state index contributed by atoms with van der Waals surface area (Å²) in [6.07, 6.45) is 3.12. The number of aryl methyl sites for hydroxylation is 1. The lowest BCUT2D eigenvalue weighted by atomic mass is 10.2. The Labute approximate surface area is 135 Å². The van der Waals surface area contributed by atoms with Gasteiger partial charge in [-0.05, 0) is 18.6 Å². The van der Waals surface area contributed by atoms with Crippen molar-refractivity contribution in [3.05, 3.63) is 58.8 Å². The van der Waals surface area contributed by atoms with Crippen molar-refractivity contribution in [1.82, 2.24) is 14.9 Å². The fraction of sp³-hybridized carbons (Fsp3) is 0.353.